The van der Waals surface area contributed by atoms with Crippen molar-refractivity contribution >= 4 is 11.9 Å². The van der Waals surface area contributed by atoms with Gasteiger partial charge < -0.3 is 10.8 Å². The molecule has 0 rings (SSSR count). The lowest BCUT2D eigenvalue weighted by Gasteiger charge is -2.27. The van der Waals surface area contributed by atoms with Gasteiger partial charge in [0.2, 0.25) is 0 Å². The van der Waals surface area contributed by atoms with Crippen LogP contribution in [0.5, 0.6) is 0 Å². The van der Waals surface area contributed by atoms with E-state index in [-0.39, 0.29) is 11.0 Å². The molecule has 100 valence electrons. The zero-order valence-corrected chi connectivity index (χ0v) is 10.8. The molecule has 6 heteroatoms. The zero-order valence-electron chi connectivity index (χ0n) is 10.8. The van der Waals surface area contributed by atoms with E-state index in [1.165, 1.54) is 0 Å². The Kier molecular flexibility index (Phi) is 6.12. The lowest BCUT2D eigenvalue weighted by Crippen LogP contribution is -2.52. The summed E-state index contributed by atoms with van der Waals surface area (Å²) in [6.45, 7) is 7.02. The van der Waals surface area contributed by atoms with Crippen molar-refractivity contribution in [3.8, 4) is 0 Å². The normalized spacial score (nSPS) is 14.8. The molecule has 0 saturated carbocycles. The fourth-order valence-electron chi connectivity index (χ4n) is 1.59. The van der Waals surface area contributed by atoms with Crippen LogP contribution in [-0.4, -0.2) is 39.3 Å². The summed E-state index contributed by atoms with van der Waals surface area (Å²) in [5.74, 6) is -2.19. The topological polar surface area (TPSA) is 104 Å². The Labute approximate surface area is 101 Å². The highest BCUT2D eigenvalue weighted by atomic mass is 16.5. The SMILES string of the molecule is CC(C)CC(N)C(=O)N(O)C(C(=O)O)C(C)C. The molecule has 4 N–H and O–H groups in total. The van der Waals surface area contributed by atoms with Gasteiger partial charge in [-0.15, -0.1) is 0 Å². The van der Waals surface area contributed by atoms with Crippen LogP contribution in [0.15, 0.2) is 0 Å². The first-order chi connectivity index (χ1) is 7.68. The Morgan fingerprint density at radius 1 is 1.24 bits per heavy atom. The van der Waals surface area contributed by atoms with Crippen molar-refractivity contribution in [1.29, 1.82) is 0 Å². The lowest BCUT2D eigenvalue weighted by atomic mass is 10.0. The second-order valence-corrected chi connectivity index (χ2v) is 4.95. The highest BCUT2D eigenvalue weighted by Crippen LogP contribution is 2.12. The summed E-state index contributed by atoms with van der Waals surface area (Å²) in [5, 5.41) is 18.8. The van der Waals surface area contributed by atoms with Gasteiger partial charge in [-0.1, -0.05) is 27.7 Å². The first-order valence-electron chi connectivity index (χ1n) is 5.68. The lowest BCUT2D eigenvalue weighted by molar-refractivity contribution is -0.191. The van der Waals surface area contributed by atoms with Gasteiger partial charge >= 0.3 is 5.97 Å². The molecule has 2 atom stereocenters. The predicted octanol–water partition coefficient (Wildman–Crippen LogP) is 0.687. The van der Waals surface area contributed by atoms with E-state index in [0.717, 1.165) is 0 Å². The van der Waals surface area contributed by atoms with E-state index in [1.54, 1.807) is 13.8 Å². The van der Waals surface area contributed by atoms with Gasteiger partial charge in [-0.05, 0) is 18.3 Å². The fourth-order valence-corrected chi connectivity index (χ4v) is 1.59. The zero-order chi connectivity index (χ0) is 13.7. The molecule has 0 aromatic carbocycles. The fraction of sp³-hybridized carbons (Fsp3) is 0.818. The minimum Gasteiger partial charge on any atom is -0.480 e. The molecule has 6 nitrogen and oxygen atoms in total. The summed E-state index contributed by atoms with van der Waals surface area (Å²) in [7, 11) is 0. The molecule has 0 aromatic heterocycles. The third kappa shape index (κ3) is 4.70. The van der Waals surface area contributed by atoms with Crippen molar-refractivity contribution in [2.45, 2.75) is 46.2 Å². The summed E-state index contributed by atoms with van der Waals surface area (Å²) in [4.78, 5) is 22.7. The Bertz CT molecular complexity index is 279. The number of carbonyl (C=O) groups is 2. The summed E-state index contributed by atoms with van der Waals surface area (Å²) in [5.41, 5.74) is 5.61. The van der Waals surface area contributed by atoms with Gasteiger partial charge in [0.1, 0.15) is 0 Å². The van der Waals surface area contributed by atoms with Crippen molar-refractivity contribution in [1.82, 2.24) is 5.06 Å². The number of amides is 1. The van der Waals surface area contributed by atoms with Crippen LogP contribution in [0, 0.1) is 11.8 Å². The third-order valence-corrected chi connectivity index (χ3v) is 2.42. The molecule has 0 saturated heterocycles. The van der Waals surface area contributed by atoms with Crippen molar-refractivity contribution in [2.75, 3.05) is 0 Å². The largest absolute Gasteiger partial charge is 0.480 e. The van der Waals surface area contributed by atoms with Crippen LogP contribution >= 0.6 is 0 Å². The highest BCUT2D eigenvalue weighted by molar-refractivity contribution is 5.85. The summed E-state index contributed by atoms with van der Waals surface area (Å²) in [6.07, 6.45) is 0.403. The van der Waals surface area contributed by atoms with E-state index in [4.69, 9.17) is 10.8 Å². The summed E-state index contributed by atoms with van der Waals surface area (Å²) < 4.78 is 0. The van der Waals surface area contributed by atoms with Crippen LogP contribution in [0.3, 0.4) is 0 Å². The standard InChI is InChI=1S/C11H22N2O4/c1-6(2)5-8(12)10(14)13(17)9(7(3)4)11(15)16/h6-9,17H,5,12H2,1-4H3,(H,15,16). The maximum atomic E-state index is 11.7. The van der Waals surface area contributed by atoms with Crippen molar-refractivity contribution in [3.63, 3.8) is 0 Å². The molecular weight excluding hydrogens is 224 g/mol. The van der Waals surface area contributed by atoms with E-state index in [9.17, 15) is 14.8 Å². The Morgan fingerprint density at radius 2 is 1.71 bits per heavy atom. The number of hydrogen-bond donors (Lipinski definition) is 3. The molecule has 0 radical (unpaired) electrons. The molecule has 2 unspecified atom stereocenters. The number of aliphatic carboxylic acids is 1. The number of hydrogen-bond acceptors (Lipinski definition) is 4. The molecule has 0 spiro atoms. The predicted molar refractivity (Wildman–Crippen MR) is 62.3 cm³/mol. The highest BCUT2D eigenvalue weighted by Gasteiger charge is 2.34. The van der Waals surface area contributed by atoms with Crippen LogP contribution in [0.4, 0.5) is 0 Å². The molecular formula is C11H22N2O4. The van der Waals surface area contributed by atoms with Crippen LogP contribution in [0.25, 0.3) is 0 Å². The molecule has 0 aromatic rings. The third-order valence-electron chi connectivity index (χ3n) is 2.42. The van der Waals surface area contributed by atoms with Gasteiger partial charge in [0, 0.05) is 0 Å². The van der Waals surface area contributed by atoms with E-state index in [1.807, 2.05) is 13.8 Å². The first kappa shape index (κ1) is 15.9. The maximum Gasteiger partial charge on any atom is 0.329 e. The van der Waals surface area contributed by atoms with Crippen LogP contribution in [0.1, 0.15) is 34.1 Å². The number of carbonyl (C=O) groups excluding carboxylic acids is 1. The molecule has 0 fully saturated rings. The quantitative estimate of drug-likeness (QED) is 0.472. The van der Waals surface area contributed by atoms with Gasteiger partial charge in [0.15, 0.2) is 6.04 Å². The Hall–Kier alpha value is -1.14. The molecule has 17 heavy (non-hydrogen) atoms. The maximum absolute atomic E-state index is 11.7. The molecule has 0 aliphatic carbocycles. The summed E-state index contributed by atoms with van der Waals surface area (Å²) >= 11 is 0. The van der Waals surface area contributed by atoms with Gasteiger partial charge in [-0.25, -0.2) is 9.86 Å². The Morgan fingerprint density at radius 3 is 2.00 bits per heavy atom. The molecule has 0 aliphatic rings. The minimum atomic E-state index is -1.26. The number of nitrogens with two attached hydrogens (primary N) is 1. The van der Waals surface area contributed by atoms with Crippen molar-refractivity contribution < 1.29 is 19.9 Å². The van der Waals surface area contributed by atoms with Gasteiger partial charge in [-0.3, -0.25) is 10.0 Å². The minimum absolute atomic E-state index is 0.199. The van der Waals surface area contributed by atoms with Crippen molar-refractivity contribution in [3.05, 3.63) is 0 Å². The smallest absolute Gasteiger partial charge is 0.329 e. The molecule has 1 amide bonds. The van der Waals surface area contributed by atoms with Crippen molar-refractivity contribution in [2.24, 2.45) is 17.6 Å². The van der Waals surface area contributed by atoms with E-state index >= 15 is 0 Å². The summed E-state index contributed by atoms with van der Waals surface area (Å²) in [6, 6.07) is -2.14. The van der Waals surface area contributed by atoms with Crippen LogP contribution in [-0.2, 0) is 9.59 Å². The second kappa shape index (κ2) is 6.56. The second-order valence-electron chi connectivity index (χ2n) is 4.95. The van der Waals surface area contributed by atoms with E-state index in [2.05, 4.69) is 0 Å². The molecule has 0 heterocycles. The van der Waals surface area contributed by atoms with Crippen LogP contribution < -0.4 is 5.73 Å². The van der Waals surface area contributed by atoms with E-state index in [0.29, 0.717) is 6.42 Å². The number of carboxylic acid groups (broad SMARTS) is 1. The monoisotopic (exact) mass is 246 g/mol. The van der Waals surface area contributed by atoms with Gasteiger partial charge in [0.05, 0.1) is 6.04 Å². The number of rotatable bonds is 6. The number of carboxylic acids is 1. The molecule has 0 aliphatic heterocycles. The van der Waals surface area contributed by atoms with Gasteiger partial charge in [0.25, 0.3) is 5.91 Å². The Balaban J connectivity index is 4.71. The molecule has 0 bridgehead atoms. The average Bonchev–Trinajstić information content (AvgIpc) is 2.13. The van der Waals surface area contributed by atoms with E-state index < -0.39 is 29.9 Å². The van der Waals surface area contributed by atoms with Gasteiger partial charge in [-0.2, -0.15) is 0 Å². The first-order valence-corrected chi connectivity index (χ1v) is 5.68. The number of nitrogens with zero attached hydrogens (tertiary/aromatic N) is 1. The van der Waals surface area contributed by atoms with Crippen LogP contribution in [0.2, 0.25) is 0 Å². The number of hydroxylamine groups is 2. The average molecular weight is 246 g/mol.